The zero-order chi connectivity index (χ0) is 29.6. The van der Waals surface area contributed by atoms with Crippen LogP contribution in [0.2, 0.25) is 10.0 Å². The smallest absolute Gasteiger partial charge is 0.254 e. The number of hydrogen-bond acceptors (Lipinski definition) is 6. The third-order valence-electron chi connectivity index (χ3n) is 8.16. The number of amides is 1. The monoisotopic (exact) mass is 604 g/mol. The first-order valence-corrected chi connectivity index (χ1v) is 14.9. The Kier molecular flexibility index (Phi) is 9.84. The molecule has 0 bridgehead atoms. The van der Waals surface area contributed by atoms with E-state index in [1.165, 1.54) is 0 Å². The number of carbonyl (C=O) groups excluding carboxylic acids is 1. The first-order valence-electron chi connectivity index (χ1n) is 14.1. The summed E-state index contributed by atoms with van der Waals surface area (Å²) in [6, 6.07) is 22.6. The van der Waals surface area contributed by atoms with Crippen LogP contribution < -0.4 is 0 Å². The summed E-state index contributed by atoms with van der Waals surface area (Å²) in [7, 11) is 1.81. The highest BCUT2D eigenvalue weighted by molar-refractivity contribution is 6.42. The van der Waals surface area contributed by atoms with E-state index in [2.05, 4.69) is 15.9 Å². The Morgan fingerprint density at radius 2 is 1.83 bits per heavy atom. The van der Waals surface area contributed by atoms with Crippen LogP contribution in [0.15, 0.2) is 77.4 Å². The molecule has 2 heterocycles. The molecule has 2 atom stereocenters. The van der Waals surface area contributed by atoms with E-state index in [1.54, 1.807) is 23.3 Å². The summed E-state index contributed by atoms with van der Waals surface area (Å²) in [6.07, 6.45) is 2.46. The van der Waals surface area contributed by atoms with Gasteiger partial charge in [-0.2, -0.15) is 5.26 Å². The van der Waals surface area contributed by atoms with E-state index in [-0.39, 0.29) is 24.5 Å². The number of nitrogens with zero attached hydrogens (tertiary/aromatic N) is 4. The quantitative estimate of drug-likeness (QED) is 0.232. The van der Waals surface area contributed by atoms with Crippen LogP contribution in [0.1, 0.15) is 45.6 Å². The maximum absolute atomic E-state index is 13.8. The number of aliphatic hydroxyl groups is 1. The van der Waals surface area contributed by atoms with Crippen LogP contribution in [-0.4, -0.2) is 78.6 Å². The molecular weight excluding hydrogens is 571 g/mol. The number of hydrogen-bond donors (Lipinski definition) is 1. The average molecular weight is 606 g/mol. The molecule has 5 rings (SSSR count). The number of furan rings is 1. The lowest BCUT2D eigenvalue weighted by molar-refractivity contribution is 0.0535. The predicted molar refractivity (Wildman–Crippen MR) is 166 cm³/mol. The SMILES string of the molecule is CN(C[C@@H](CCN1CCN(C(CO)c2ccco2)CC1)c1ccc(Cl)c(Cl)c1)C(=O)c1cc(C#N)cc2ccccc12. The van der Waals surface area contributed by atoms with Gasteiger partial charge in [0.2, 0.25) is 0 Å². The minimum absolute atomic E-state index is 0.0137. The fraction of sp³-hybridized carbons (Fsp3) is 0.333. The van der Waals surface area contributed by atoms with Crippen molar-refractivity contribution < 1.29 is 14.3 Å². The molecule has 0 radical (unpaired) electrons. The minimum atomic E-state index is -0.138. The molecule has 9 heteroatoms. The van der Waals surface area contributed by atoms with Gasteiger partial charge in [-0.15, -0.1) is 0 Å². The molecule has 1 aliphatic heterocycles. The summed E-state index contributed by atoms with van der Waals surface area (Å²) in [5.74, 6) is 0.673. The number of benzene rings is 3. The number of halogens is 2. The lowest BCUT2D eigenvalue weighted by atomic mass is 9.94. The zero-order valence-electron chi connectivity index (χ0n) is 23.5. The molecule has 218 valence electrons. The van der Waals surface area contributed by atoms with Crippen molar-refractivity contribution in [1.82, 2.24) is 14.7 Å². The van der Waals surface area contributed by atoms with Crippen LogP contribution in [-0.2, 0) is 0 Å². The van der Waals surface area contributed by atoms with Crippen molar-refractivity contribution in [2.24, 2.45) is 0 Å². The summed E-state index contributed by atoms with van der Waals surface area (Å²) >= 11 is 12.6. The van der Waals surface area contributed by atoms with E-state index < -0.39 is 0 Å². The first kappa shape index (κ1) is 30.1. The van der Waals surface area contributed by atoms with Gasteiger partial charge in [0.05, 0.1) is 40.6 Å². The highest BCUT2D eigenvalue weighted by Gasteiger charge is 2.27. The van der Waals surface area contributed by atoms with E-state index in [9.17, 15) is 15.2 Å². The van der Waals surface area contributed by atoms with Crippen LogP contribution in [0.3, 0.4) is 0 Å². The third kappa shape index (κ3) is 6.81. The van der Waals surface area contributed by atoms with Crippen molar-refractivity contribution in [2.45, 2.75) is 18.4 Å². The summed E-state index contributed by atoms with van der Waals surface area (Å²) in [5.41, 5.74) is 2.00. The van der Waals surface area contributed by atoms with E-state index in [0.29, 0.717) is 27.7 Å². The molecule has 1 amide bonds. The van der Waals surface area contributed by atoms with Crippen molar-refractivity contribution in [3.63, 3.8) is 0 Å². The van der Waals surface area contributed by atoms with Crippen molar-refractivity contribution in [2.75, 3.05) is 52.9 Å². The molecule has 1 N–H and O–H groups in total. The third-order valence-corrected chi connectivity index (χ3v) is 8.90. The van der Waals surface area contributed by atoms with Crippen LogP contribution in [0.4, 0.5) is 0 Å². The summed E-state index contributed by atoms with van der Waals surface area (Å²) in [6.45, 7) is 4.72. The zero-order valence-corrected chi connectivity index (χ0v) is 25.1. The summed E-state index contributed by atoms with van der Waals surface area (Å²) < 4.78 is 5.55. The van der Waals surface area contributed by atoms with Gasteiger partial charge >= 0.3 is 0 Å². The number of nitriles is 1. The molecule has 3 aromatic carbocycles. The highest BCUT2D eigenvalue weighted by atomic mass is 35.5. The number of likely N-dealkylation sites (N-methyl/N-ethyl adjacent to an activating group) is 1. The molecule has 4 aromatic rings. The van der Waals surface area contributed by atoms with Gasteiger partial charge in [0.25, 0.3) is 5.91 Å². The number of fused-ring (bicyclic) bond motifs is 1. The largest absolute Gasteiger partial charge is 0.468 e. The van der Waals surface area contributed by atoms with Crippen LogP contribution in [0.25, 0.3) is 10.8 Å². The number of aliphatic hydroxyl groups excluding tert-OH is 1. The van der Waals surface area contributed by atoms with Gasteiger partial charge < -0.3 is 19.3 Å². The molecule has 1 unspecified atom stereocenters. The second-order valence-electron chi connectivity index (χ2n) is 10.8. The maximum atomic E-state index is 13.8. The Balaban J connectivity index is 1.29. The number of carbonyl (C=O) groups is 1. The Bertz CT molecular complexity index is 1560. The number of piperazine rings is 1. The minimum Gasteiger partial charge on any atom is -0.468 e. The first-order chi connectivity index (χ1) is 20.4. The topological polar surface area (TPSA) is 84.0 Å². The lowest BCUT2D eigenvalue weighted by Crippen LogP contribution is -2.48. The van der Waals surface area contributed by atoms with Gasteiger partial charge in [0.15, 0.2) is 0 Å². The molecule has 1 aliphatic rings. The normalized spacial score (nSPS) is 15.8. The van der Waals surface area contributed by atoms with Gasteiger partial charge in [0.1, 0.15) is 5.76 Å². The van der Waals surface area contributed by atoms with Crippen LogP contribution >= 0.6 is 23.2 Å². The lowest BCUT2D eigenvalue weighted by Gasteiger charge is -2.38. The molecule has 0 saturated carbocycles. The molecule has 1 fully saturated rings. The molecule has 1 saturated heterocycles. The second-order valence-corrected chi connectivity index (χ2v) is 11.6. The van der Waals surface area contributed by atoms with Crippen molar-refractivity contribution in [1.29, 1.82) is 5.26 Å². The van der Waals surface area contributed by atoms with E-state index in [0.717, 1.165) is 61.2 Å². The summed E-state index contributed by atoms with van der Waals surface area (Å²) in [5, 5.41) is 22.2. The van der Waals surface area contributed by atoms with E-state index in [1.807, 2.05) is 61.6 Å². The summed E-state index contributed by atoms with van der Waals surface area (Å²) in [4.78, 5) is 20.2. The fourth-order valence-corrected chi connectivity index (χ4v) is 6.11. The molecule has 0 aliphatic carbocycles. The molecule has 7 nitrogen and oxygen atoms in total. The predicted octanol–water partition coefficient (Wildman–Crippen LogP) is 6.21. The Morgan fingerprint density at radius 1 is 1.05 bits per heavy atom. The van der Waals surface area contributed by atoms with E-state index >= 15 is 0 Å². The molecule has 0 spiro atoms. The van der Waals surface area contributed by atoms with Gasteiger partial charge in [-0.05, 0) is 65.7 Å². The van der Waals surface area contributed by atoms with Crippen molar-refractivity contribution >= 4 is 39.9 Å². The van der Waals surface area contributed by atoms with Gasteiger partial charge in [-0.1, -0.05) is 53.5 Å². The van der Waals surface area contributed by atoms with Crippen molar-refractivity contribution in [3.8, 4) is 6.07 Å². The highest BCUT2D eigenvalue weighted by Crippen LogP contribution is 2.30. The Hall–Kier alpha value is -3.38. The van der Waals surface area contributed by atoms with E-state index in [4.69, 9.17) is 27.6 Å². The van der Waals surface area contributed by atoms with Gasteiger partial charge in [-0.25, -0.2) is 0 Å². The number of rotatable bonds is 10. The molecule has 42 heavy (non-hydrogen) atoms. The molecule has 1 aromatic heterocycles. The Labute approximate surface area is 256 Å². The standard InChI is InChI=1S/C33H34Cl2N4O3/c1-37(33(41)28-18-23(20-36)17-25-5-2-3-6-27(25)28)21-26(24-8-9-29(34)30(35)19-24)10-11-38-12-14-39(15-13-38)31(22-40)32-7-4-16-42-32/h2-9,16-19,26,31,40H,10-15,21-22H2,1H3/t26-,31?/m1/s1. The van der Waals surface area contributed by atoms with Crippen LogP contribution in [0, 0.1) is 11.3 Å². The van der Waals surface area contributed by atoms with Gasteiger partial charge in [0, 0.05) is 51.3 Å². The maximum Gasteiger partial charge on any atom is 0.254 e. The fourth-order valence-electron chi connectivity index (χ4n) is 5.80. The van der Waals surface area contributed by atoms with Crippen molar-refractivity contribution in [3.05, 3.63) is 105 Å². The van der Waals surface area contributed by atoms with Gasteiger partial charge in [-0.3, -0.25) is 9.69 Å². The second kappa shape index (κ2) is 13.7. The molecular formula is C33H34Cl2N4O3. The Morgan fingerprint density at radius 3 is 2.52 bits per heavy atom. The average Bonchev–Trinajstić information content (AvgIpc) is 3.55. The van der Waals surface area contributed by atoms with Crippen LogP contribution in [0.5, 0.6) is 0 Å².